The van der Waals surface area contributed by atoms with Crippen LogP contribution in [0, 0.1) is 0 Å². The molecule has 7 nitrogen and oxygen atoms in total. The van der Waals surface area contributed by atoms with Crippen LogP contribution in [-0.4, -0.2) is 51.7 Å². The van der Waals surface area contributed by atoms with Crippen LogP contribution in [0.3, 0.4) is 0 Å². The third-order valence-electron chi connectivity index (χ3n) is 4.71. The van der Waals surface area contributed by atoms with Crippen LogP contribution in [0.15, 0.2) is 42.5 Å². The number of nitrogens with one attached hydrogen (secondary N) is 2. The normalized spacial score (nSPS) is 19.2. The van der Waals surface area contributed by atoms with Crippen molar-refractivity contribution < 1.29 is 23.8 Å². The summed E-state index contributed by atoms with van der Waals surface area (Å²) >= 11 is 0. The number of carbonyl (C=O) groups is 2. The van der Waals surface area contributed by atoms with E-state index in [1.165, 1.54) is 23.4 Å². The maximum atomic E-state index is 11.4. The summed E-state index contributed by atoms with van der Waals surface area (Å²) in [6.07, 6.45) is 0.506. The quantitative estimate of drug-likeness (QED) is 0.715. The van der Waals surface area contributed by atoms with Crippen molar-refractivity contribution in [2.24, 2.45) is 0 Å². The molecule has 0 radical (unpaired) electrons. The highest BCUT2D eigenvalue weighted by Gasteiger charge is 2.23. The Morgan fingerprint density at radius 2 is 1.86 bits per heavy atom. The first-order chi connectivity index (χ1) is 13.7. The molecule has 0 saturated carbocycles. The molecule has 0 spiro atoms. The van der Waals surface area contributed by atoms with Gasteiger partial charge in [-0.2, -0.15) is 0 Å². The first kappa shape index (κ1) is 20.1. The molecule has 1 heterocycles. The van der Waals surface area contributed by atoms with Gasteiger partial charge < -0.3 is 24.8 Å². The maximum Gasteiger partial charge on any atom is 0.407 e. The molecule has 0 unspecified atom stereocenters. The van der Waals surface area contributed by atoms with Gasteiger partial charge in [0.15, 0.2) is 12.9 Å². The van der Waals surface area contributed by atoms with E-state index < -0.39 is 6.09 Å². The van der Waals surface area contributed by atoms with Gasteiger partial charge in [0.25, 0.3) is 5.91 Å². The first-order valence-electron chi connectivity index (χ1n) is 9.49. The molecule has 2 N–H and O–H groups in total. The molecule has 1 aliphatic heterocycles. The van der Waals surface area contributed by atoms with Crippen molar-refractivity contribution in [2.75, 3.05) is 33.4 Å². The number of hydrogen-bond donors (Lipinski definition) is 2. The lowest BCUT2D eigenvalue weighted by atomic mass is 9.97. The van der Waals surface area contributed by atoms with Crippen LogP contribution in [-0.2, 0) is 19.0 Å². The Labute approximate surface area is 164 Å². The molecule has 1 aliphatic rings. The monoisotopic (exact) mass is 386 g/mol. The molecule has 1 saturated heterocycles. The zero-order valence-electron chi connectivity index (χ0n) is 16.0. The van der Waals surface area contributed by atoms with Crippen molar-refractivity contribution in [2.45, 2.75) is 25.0 Å². The first-order valence-corrected chi connectivity index (χ1v) is 9.49. The molecule has 0 atom stereocenters. The molecular formula is C21H26N2O5. The number of ether oxygens (including phenoxy) is 3. The molecule has 1 fully saturated rings. The van der Waals surface area contributed by atoms with Crippen molar-refractivity contribution in [3.63, 3.8) is 0 Å². The molecule has 150 valence electrons. The van der Waals surface area contributed by atoms with Crippen LogP contribution >= 0.6 is 0 Å². The zero-order chi connectivity index (χ0) is 19.8. The topological polar surface area (TPSA) is 85.9 Å². The molecule has 0 aromatic heterocycles. The Balaban J connectivity index is 1.35. The minimum Gasteiger partial charge on any atom is -0.439 e. The molecule has 2 amide bonds. The lowest BCUT2D eigenvalue weighted by Crippen LogP contribution is -2.33. The Morgan fingerprint density at radius 1 is 1.11 bits per heavy atom. The largest absolute Gasteiger partial charge is 0.439 e. The second-order valence-corrected chi connectivity index (χ2v) is 6.72. The molecule has 0 aliphatic carbocycles. The van der Waals surface area contributed by atoms with Gasteiger partial charge in [-0.05, 0) is 22.8 Å². The minimum absolute atomic E-state index is 0.221. The number of rotatable bonds is 7. The summed E-state index contributed by atoms with van der Waals surface area (Å²) in [4.78, 5) is 22.4. The SMILES string of the molecule is CNC(=O)COC(=O)NCCCC1OCC(c2ccc3ccccc3c2)CO1. The van der Waals surface area contributed by atoms with Gasteiger partial charge in [0.1, 0.15) is 0 Å². The van der Waals surface area contributed by atoms with Gasteiger partial charge in [-0.1, -0.05) is 42.5 Å². The molecule has 0 bridgehead atoms. The number of likely N-dealkylation sites (N-methyl/N-ethyl adjacent to an activating group) is 1. The highest BCUT2D eigenvalue weighted by molar-refractivity contribution is 5.83. The number of carbonyl (C=O) groups excluding carboxylic acids is 2. The van der Waals surface area contributed by atoms with Gasteiger partial charge in [-0.15, -0.1) is 0 Å². The second kappa shape index (κ2) is 10.1. The van der Waals surface area contributed by atoms with E-state index in [9.17, 15) is 9.59 Å². The summed E-state index contributed by atoms with van der Waals surface area (Å²) in [5.74, 6) is -0.126. The Bertz CT molecular complexity index is 802. The number of amides is 2. The smallest absolute Gasteiger partial charge is 0.407 e. The summed E-state index contributed by atoms with van der Waals surface area (Å²) in [5, 5.41) is 7.42. The van der Waals surface area contributed by atoms with E-state index in [1.54, 1.807) is 0 Å². The maximum absolute atomic E-state index is 11.4. The predicted octanol–water partition coefficient (Wildman–Crippen LogP) is 2.55. The minimum atomic E-state index is -0.606. The summed E-state index contributed by atoms with van der Waals surface area (Å²) in [5.41, 5.74) is 1.22. The van der Waals surface area contributed by atoms with Crippen molar-refractivity contribution in [3.8, 4) is 0 Å². The van der Waals surface area contributed by atoms with Crippen LogP contribution in [0.25, 0.3) is 10.8 Å². The fourth-order valence-corrected chi connectivity index (χ4v) is 3.08. The molecule has 3 rings (SSSR count). The van der Waals surface area contributed by atoms with Crippen LogP contribution < -0.4 is 10.6 Å². The molecule has 7 heteroatoms. The Kier molecular flexibility index (Phi) is 7.22. The van der Waals surface area contributed by atoms with E-state index in [1.807, 2.05) is 12.1 Å². The second-order valence-electron chi connectivity index (χ2n) is 6.72. The summed E-state index contributed by atoms with van der Waals surface area (Å²) < 4.78 is 16.4. The van der Waals surface area contributed by atoms with E-state index in [-0.39, 0.29) is 24.7 Å². The van der Waals surface area contributed by atoms with Crippen LogP contribution in [0.4, 0.5) is 4.79 Å². The van der Waals surface area contributed by atoms with Gasteiger partial charge in [-0.3, -0.25) is 4.79 Å². The molecule has 2 aromatic carbocycles. The fourth-order valence-electron chi connectivity index (χ4n) is 3.08. The third kappa shape index (κ3) is 5.68. The van der Waals surface area contributed by atoms with Crippen molar-refractivity contribution in [1.82, 2.24) is 10.6 Å². The van der Waals surface area contributed by atoms with E-state index in [0.717, 1.165) is 0 Å². The summed E-state index contributed by atoms with van der Waals surface area (Å²) in [6, 6.07) is 14.7. The van der Waals surface area contributed by atoms with E-state index in [2.05, 4.69) is 41.0 Å². The number of hydrogen-bond acceptors (Lipinski definition) is 5. The highest BCUT2D eigenvalue weighted by Crippen LogP contribution is 2.26. The lowest BCUT2D eigenvalue weighted by Gasteiger charge is -2.30. The Morgan fingerprint density at radius 3 is 2.61 bits per heavy atom. The molecular weight excluding hydrogens is 360 g/mol. The number of benzene rings is 2. The van der Waals surface area contributed by atoms with Gasteiger partial charge in [0.2, 0.25) is 0 Å². The van der Waals surface area contributed by atoms with E-state index in [4.69, 9.17) is 14.2 Å². The summed E-state index contributed by atoms with van der Waals surface area (Å²) in [6.45, 7) is 1.38. The van der Waals surface area contributed by atoms with Gasteiger partial charge in [-0.25, -0.2) is 4.79 Å². The fraction of sp³-hybridized carbons (Fsp3) is 0.429. The van der Waals surface area contributed by atoms with Crippen LogP contribution in [0.5, 0.6) is 0 Å². The number of alkyl carbamates (subject to hydrolysis) is 1. The van der Waals surface area contributed by atoms with Crippen molar-refractivity contribution in [3.05, 3.63) is 48.0 Å². The highest BCUT2D eigenvalue weighted by atomic mass is 16.7. The Hall–Kier alpha value is -2.64. The zero-order valence-corrected chi connectivity index (χ0v) is 16.0. The van der Waals surface area contributed by atoms with Crippen LogP contribution in [0.2, 0.25) is 0 Å². The summed E-state index contributed by atoms with van der Waals surface area (Å²) in [7, 11) is 1.48. The standard InChI is InChI=1S/C21H26N2O5/c1-22-19(24)14-28-21(25)23-10-4-7-20-26-12-18(13-27-20)17-9-8-15-5-2-3-6-16(15)11-17/h2-3,5-6,8-9,11,18,20H,4,7,10,12-14H2,1H3,(H,22,24)(H,23,25). The van der Waals surface area contributed by atoms with Gasteiger partial charge >= 0.3 is 6.09 Å². The average Bonchev–Trinajstić information content (AvgIpc) is 2.75. The van der Waals surface area contributed by atoms with E-state index >= 15 is 0 Å². The predicted molar refractivity (Wildman–Crippen MR) is 105 cm³/mol. The van der Waals surface area contributed by atoms with Crippen molar-refractivity contribution in [1.29, 1.82) is 0 Å². The molecule has 28 heavy (non-hydrogen) atoms. The number of fused-ring (bicyclic) bond motifs is 1. The van der Waals surface area contributed by atoms with Gasteiger partial charge in [0.05, 0.1) is 13.2 Å². The lowest BCUT2D eigenvalue weighted by molar-refractivity contribution is -0.189. The van der Waals surface area contributed by atoms with E-state index in [0.29, 0.717) is 32.6 Å². The van der Waals surface area contributed by atoms with Gasteiger partial charge in [0, 0.05) is 25.9 Å². The molecule has 2 aromatic rings. The third-order valence-corrected chi connectivity index (χ3v) is 4.71. The van der Waals surface area contributed by atoms with Crippen molar-refractivity contribution >= 4 is 22.8 Å². The average molecular weight is 386 g/mol. The van der Waals surface area contributed by atoms with Crippen LogP contribution in [0.1, 0.15) is 24.3 Å².